The van der Waals surface area contributed by atoms with Crippen LogP contribution >= 0.6 is 0 Å². The van der Waals surface area contributed by atoms with Crippen LogP contribution in [-0.2, 0) is 16.1 Å². The van der Waals surface area contributed by atoms with Crippen LogP contribution in [0.25, 0.3) is 0 Å². The summed E-state index contributed by atoms with van der Waals surface area (Å²) >= 11 is 0. The van der Waals surface area contributed by atoms with Gasteiger partial charge in [0.25, 0.3) is 0 Å². The van der Waals surface area contributed by atoms with E-state index in [-0.39, 0.29) is 24.6 Å². The summed E-state index contributed by atoms with van der Waals surface area (Å²) in [6.45, 7) is 6.67. The molecule has 126 valence electrons. The van der Waals surface area contributed by atoms with Gasteiger partial charge in [-0.05, 0) is 31.0 Å². The van der Waals surface area contributed by atoms with E-state index in [4.69, 9.17) is 9.47 Å². The topological polar surface area (TPSA) is 67.9 Å². The number of hydrogen-bond donors (Lipinski definition) is 1. The molecule has 2 amide bonds. The van der Waals surface area contributed by atoms with Gasteiger partial charge in [0.2, 0.25) is 18.6 Å². The van der Waals surface area contributed by atoms with Crippen molar-refractivity contribution in [2.24, 2.45) is 0 Å². The summed E-state index contributed by atoms with van der Waals surface area (Å²) < 4.78 is 10.6. The molecule has 0 radical (unpaired) electrons. The number of benzene rings is 1. The van der Waals surface area contributed by atoms with Crippen LogP contribution in [-0.4, -0.2) is 36.1 Å². The number of nitrogens with one attached hydrogen (secondary N) is 1. The van der Waals surface area contributed by atoms with E-state index in [0.717, 1.165) is 17.7 Å². The van der Waals surface area contributed by atoms with Crippen LogP contribution in [0.3, 0.4) is 0 Å². The van der Waals surface area contributed by atoms with Gasteiger partial charge in [-0.3, -0.25) is 9.59 Å². The Hall–Kier alpha value is -2.24. The summed E-state index contributed by atoms with van der Waals surface area (Å²) in [5.74, 6) is 1.36. The minimum absolute atomic E-state index is 0.00270. The first kappa shape index (κ1) is 17.1. The van der Waals surface area contributed by atoms with E-state index in [2.05, 4.69) is 5.32 Å². The highest BCUT2D eigenvalue weighted by Crippen LogP contribution is 2.32. The van der Waals surface area contributed by atoms with Crippen molar-refractivity contribution in [3.8, 4) is 11.5 Å². The molecule has 0 aliphatic carbocycles. The average molecular weight is 320 g/mol. The molecule has 1 aliphatic heterocycles. The lowest BCUT2D eigenvalue weighted by Crippen LogP contribution is -2.39. The van der Waals surface area contributed by atoms with Crippen LogP contribution in [0.1, 0.15) is 39.2 Å². The summed E-state index contributed by atoms with van der Waals surface area (Å²) in [6.07, 6.45) is 1.17. The molecule has 23 heavy (non-hydrogen) atoms. The molecule has 1 heterocycles. The zero-order chi connectivity index (χ0) is 16.8. The van der Waals surface area contributed by atoms with E-state index in [1.807, 2.05) is 32.0 Å². The van der Waals surface area contributed by atoms with Crippen molar-refractivity contribution < 1.29 is 19.1 Å². The lowest BCUT2D eigenvalue weighted by Gasteiger charge is -2.27. The van der Waals surface area contributed by atoms with Crippen molar-refractivity contribution in [3.05, 3.63) is 23.8 Å². The maximum atomic E-state index is 12.0. The standard InChI is InChI=1S/C17H24N2O4/c1-4-12(2)19(13(3)20)8-7-17(21)18-10-14-5-6-15-16(9-14)23-11-22-15/h5-6,9,12H,4,7-8,10-11H2,1-3H3,(H,18,21). The number of carbonyl (C=O) groups excluding carboxylic acids is 2. The Morgan fingerprint density at radius 3 is 2.74 bits per heavy atom. The van der Waals surface area contributed by atoms with E-state index in [1.54, 1.807) is 4.90 Å². The fraction of sp³-hybridized carbons (Fsp3) is 0.529. The van der Waals surface area contributed by atoms with Gasteiger partial charge in [0, 0.05) is 32.5 Å². The zero-order valence-electron chi connectivity index (χ0n) is 13.9. The van der Waals surface area contributed by atoms with E-state index < -0.39 is 0 Å². The third kappa shape index (κ3) is 4.61. The van der Waals surface area contributed by atoms with Crippen molar-refractivity contribution >= 4 is 11.8 Å². The number of ether oxygens (including phenoxy) is 2. The highest BCUT2D eigenvalue weighted by molar-refractivity contribution is 5.78. The lowest BCUT2D eigenvalue weighted by atomic mass is 10.2. The monoisotopic (exact) mass is 320 g/mol. The van der Waals surface area contributed by atoms with Crippen LogP contribution in [0.4, 0.5) is 0 Å². The van der Waals surface area contributed by atoms with E-state index >= 15 is 0 Å². The molecule has 1 aliphatic rings. The number of nitrogens with zero attached hydrogens (tertiary/aromatic N) is 1. The zero-order valence-corrected chi connectivity index (χ0v) is 13.9. The third-order valence-electron chi connectivity index (χ3n) is 4.03. The molecule has 1 unspecified atom stereocenters. The molecule has 1 N–H and O–H groups in total. The van der Waals surface area contributed by atoms with Gasteiger partial charge in [0.1, 0.15) is 0 Å². The minimum Gasteiger partial charge on any atom is -0.454 e. The number of hydrogen-bond acceptors (Lipinski definition) is 4. The largest absolute Gasteiger partial charge is 0.454 e. The van der Waals surface area contributed by atoms with Gasteiger partial charge in [-0.25, -0.2) is 0 Å². The molecule has 1 aromatic rings. The molecule has 0 saturated carbocycles. The van der Waals surface area contributed by atoms with Gasteiger partial charge in [0.15, 0.2) is 11.5 Å². The summed E-state index contributed by atoms with van der Waals surface area (Å²) in [4.78, 5) is 25.3. The summed E-state index contributed by atoms with van der Waals surface area (Å²) in [5.41, 5.74) is 0.952. The Morgan fingerprint density at radius 1 is 1.30 bits per heavy atom. The van der Waals surface area contributed by atoms with Crippen LogP contribution in [0.2, 0.25) is 0 Å². The second kappa shape index (κ2) is 7.85. The Labute approximate surface area is 136 Å². The molecular weight excluding hydrogens is 296 g/mol. The number of amides is 2. The maximum absolute atomic E-state index is 12.0. The number of carbonyl (C=O) groups is 2. The number of fused-ring (bicyclic) bond motifs is 1. The molecule has 6 nitrogen and oxygen atoms in total. The van der Waals surface area contributed by atoms with Crippen molar-refractivity contribution in [1.29, 1.82) is 0 Å². The predicted molar refractivity (Wildman–Crippen MR) is 86.2 cm³/mol. The third-order valence-corrected chi connectivity index (χ3v) is 4.03. The molecule has 1 atom stereocenters. The number of rotatable bonds is 7. The van der Waals surface area contributed by atoms with Crippen LogP contribution in [0, 0.1) is 0 Å². The Bertz CT molecular complexity index is 574. The lowest BCUT2D eigenvalue weighted by molar-refractivity contribution is -0.131. The minimum atomic E-state index is -0.0720. The summed E-state index contributed by atoms with van der Waals surface area (Å²) in [7, 11) is 0. The first-order valence-electron chi connectivity index (χ1n) is 7.93. The quantitative estimate of drug-likeness (QED) is 0.835. The highest BCUT2D eigenvalue weighted by atomic mass is 16.7. The Balaban J connectivity index is 1.79. The molecule has 6 heteroatoms. The Kier molecular flexibility index (Phi) is 5.84. The van der Waals surface area contributed by atoms with Gasteiger partial charge < -0.3 is 19.7 Å². The predicted octanol–water partition coefficient (Wildman–Crippen LogP) is 2.07. The molecule has 2 rings (SSSR count). The molecule has 0 aromatic heterocycles. The second-order valence-electron chi connectivity index (χ2n) is 5.68. The second-order valence-corrected chi connectivity index (χ2v) is 5.68. The van der Waals surface area contributed by atoms with Gasteiger partial charge in [-0.2, -0.15) is 0 Å². The summed E-state index contributed by atoms with van der Waals surface area (Å²) in [5, 5.41) is 2.87. The first-order valence-corrected chi connectivity index (χ1v) is 7.93. The SMILES string of the molecule is CCC(C)N(CCC(=O)NCc1ccc2c(c1)OCO2)C(C)=O. The van der Waals surface area contributed by atoms with Gasteiger partial charge in [0.05, 0.1) is 0 Å². The van der Waals surface area contributed by atoms with Gasteiger partial charge in [-0.1, -0.05) is 13.0 Å². The smallest absolute Gasteiger partial charge is 0.231 e. The highest BCUT2D eigenvalue weighted by Gasteiger charge is 2.17. The van der Waals surface area contributed by atoms with Crippen molar-refractivity contribution in [2.75, 3.05) is 13.3 Å². The van der Waals surface area contributed by atoms with Gasteiger partial charge in [-0.15, -0.1) is 0 Å². The van der Waals surface area contributed by atoms with E-state index in [1.165, 1.54) is 6.92 Å². The fourth-order valence-corrected chi connectivity index (χ4v) is 2.47. The van der Waals surface area contributed by atoms with Crippen molar-refractivity contribution in [2.45, 2.75) is 46.2 Å². The molecule has 0 bridgehead atoms. The van der Waals surface area contributed by atoms with Crippen molar-refractivity contribution in [1.82, 2.24) is 10.2 Å². The van der Waals surface area contributed by atoms with Crippen LogP contribution in [0.5, 0.6) is 11.5 Å². The van der Waals surface area contributed by atoms with Crippen molar-refractivity contribution in [3.63, 3.8) is 0 Å². The molecule has 1 aromatic carbocycles. The Morgan fingerprint density at radius 2 is 2.04 bits per heavy atom. The van der Waals surface area contributed by atoms with Gasteiger partial charge >= 0.3 is 0 Å². The first-order chi connectivity index (χ1) is 11.0. The molecule has 0 fully saturated rings. The molecular formula is C17H24N2O4. The molecule has 0 spiro atoms. The maximum Gasteiger partial charge on any atom is 0.231 e. The van der Waals surface area contributed by atoms with E-state index in [0.29, 0.717) is 25.3 Å². The van der Waals surface area contributed by atoms with E-state index in [9.17, 15) is 9.59 Å². The normalized spacial score (nSPS) is 13.5. The average Bonchev–Trinajstić information content (AvgIpc) is 3.00. The summed E-state index contributed by atoms with van der Waals surface area (Å²) in [6, 6.07) is 5.75. The molecule has 0 saturated heterocycles. The fourth-order valence-electron chi connectivity index (χ4n) is 2.47. The van der Waals surface area contributed by atoms with Crippen LogP contribution in [0.15, 0.2) is 18.2 Å². The van der Waals surface area contributed by atoms with Crippen LogP contribution < -0.4 is 14.8 Å².